The second kappa shape index (κ2) is 5.29. The number of amides is 1. The minimum Gasteiger partial charge on any atom is -0.347 e. The number of halogens is 1. The molecule has 2 N–H and O–H groups in total. The Morgan fingerprint density at radius 1 is 1.69 bits per heavy atom. The van der Waals surface area contributed by atoms with Gasteiger partial charge in [-0.3, -0.25) is 4.79 Å². The first kappa shape index (κ1) is 12.1. The molecule has 0 saturated carbocycles. The van der Waals surface area contributed by atoms with Gasteiger partial charge in [-0.25, -0.2) is 0 Å². The molecule has 2 rings (SSSR count). The third-order valence-corrected chi connectivity index (χ3v) is 4.56. The van der Waals surface area contributed by atoms with Gasteiger partial charge < -0.3 is 10.6 Å². The Kier molecular flexibility index (Phi) is 4.00. The first-order chi connectivity index (χ1) is 7.66. The van der Waals surface area contributed by atoms with Crippen LogP contribution < -0.4 is 10.6 Å². The van der Waals surface area contributed by atoms with E-state index >= 15 is 0 Å². The quantitative estimate of drug-likeness (QED) is 0.881. The number of carbonyl (C=O) groups is 1. The first-order valence-electron chi connectivity index (χ1n) is 5.45. The molecule has 0 aromatic carbocycles. The molecule has 1 aliphatic heterocycles. The number of carbonyl (C=O) groups excluding carboxylic acids is 1. The number of rotatable bonds is 2. The van der Waals surface area contributed by atoms with Crippen molar-refractivity contribution in [2.75, 3.05) is 6.54 Å². The number of piperidine rings is 1. The van der Waals surface area contributed by atoms with Gasteiger partial charge in [-0.1, -0.05) is 0 Å². The normalized spacial score (nSPS) is 25.4. The molecule has 0 radical (unpaired) electrons. The van der Waals surface area contributed by atoms with Crippen LogP contribution in [-0.4, -0.2) is 24.5 Å². The molecule has 0 spiro atoms. The molecule has 1 aromatic heterocycles. The Morgan fingerprint density at radius 3 is 3.12 bits per heavy atom. The van der Waals surface area contributed by atoms with Crippen molar-refractivity contribution in [2.45, 2.75) is 31.8 Å². The number of nitrogens with one attached hydrogen (secondary N) is 2. The molecule has 2 unspecified atom stereocenters. The fourth-order valence-electron chi connectivity index (χ4n) is 1.91. The summed E-state index contributed by atoms with van der Waals surface area (Å²) in [7, 11) is 0. The summed E-state index contributed by atoms with van der Waals surface area (Å²) in [4.78, 5) is 12.7. The van der Waals surface area contributed by atoms with Crippen LogP contribution in [0.2, 0.25) is 0 Å². The third kappa shape index (κ3) is 2.84. The van der Waals surface area contributed by atoms with Crippen LogP contribution in [-0.2, 0) is 0 Å². The molecule has 88 valence electrons. The lowest BCUT2D eigenvalue weighted by molar-refractivity contribution is 0.0924. The highest BCUT2D eigenvalue weighted by atomic mass is 79.9. The second-order valence-corrected chi connectivity index (χ2v) is 5.92. The molecular weight excluding hydrogens is 288 g/mol. The van der Waals surface area contributed by atoms with Crippen LogP contribution in [0.1, 0.15) is 29.4 Å². The van der Waals surface area contributed by atoms with Gasteiger partial charge in [-0.05, 0) is 48.3 Å². The predicted octanol–water partition coefficient (Wildman–Crippen LogP) is 2.38. The predicted molar refractivity (Wildman–Crippen MR) is 70.0 cm³/mol. The van der Waals surface area contributed by atoms with E-state index in [1.165, 1.54) is 11.3 Å². The summed E-state index contributed by atoms with van der Waals surface area (Å²) in [6.07, 6.45) is 2.19. The van der Waals surface area contributed by atoms with E-state index in [0.29, 0.717) is 6.04 Å². The zero-order valence-electron chi connectivity index (χ0n) is 9.13. The Hall–Kier alpha value is -0.390. The van der Waals surface area contributed by atoms with E-state index in [0.717, 1.165) is 28.7 Å². The number of thiophene rings is 1. The molecule has 3 nitrogen and oxygen atoms in total. The maximum absolute atomic E-state index is 11.9. The van der Waals surface area contributed by atoms with E-state index in [9.17, 15) is 4.79 Å². The average Bonchev–Trinajstić information content (AvgIpc) is 2.68. The van der Waals surface area contributed by atoms with E-state index in [1.54, 1.807) is 0 Å². The van der Waals surface area contributed by atoms with E-state index in [2.05, 4.69) is 33.5 Å². The lowest BCUT2D eigenvalue weighted by atomic mass is 10.00. The zero-order chi connectivity index (χ0) is 11.5. The van der Waals surface area contributed by atoms with Gasteiger partial charge in [-0.15, -0.1) is 11.3 Å². The number of hydrogen-bond acceptors (Lipinski definition) is 3. The van der Waals surface area contributed by atoms with Crippen LogP contribution in [0.5, 0.6) is 0 Å². The summed E-state index contributed by atoms with van der Waals surface area (Å²) < 4.78 is 0.970. The standard InChI is InChI=1S/C11H15BrN2OS/c1-7-9(3-2-4-13-7)14-11(15)10-5-8(12)6-16-10/h5-7,9,13H,2-4H2,1H3,(H,14,15). The van der Waals surface area contributed by atoms with Crippen LogP contribution in [0.3, 0.4) is 0 Å². The van der Waals surface area contributed by atoms with Crippen molar-refractivity contribution in [3.63, 3.8) is 0 Å². The molecule has 1 fully saturated rings. The Morgan fingerprint density at radius 2 is 2.50 bits per heavy atom. The zero-order valence-corrected chi connectivity index (χ0v) is 11.5. The summed E-state index contributed by atoms with van der Waals surface area (Å²) in [6, 6.07) is 2.48. The van der Waals surface area contributed by atoms with Gasteiger partial charge in [0, 0.05) is 21.9 Å². The topological polar surface area (TPSA) is 41.1 Å². The van der Waals surface area contributed by atoms with Crippen molar-refractivity contribution >= 4 is 33.2 Å². The molecule has 1 saturated heterocycles. The van der Waals surface area contributed by atoms with Crippen molar-refractivity contribution in [1.82, 2.24) is 10.6 Å². The van der Waals surface area contributed by atoms with Gasteiger partial charge in [-0.2, -0.15) is 0 Å². The van der Waals surface area contributed by atoms with Gasteiger partial charge in [0.05, 0.1) is 4.88 Å². The molecule has 16 heavy (non-hydrogen) atoms. The molecule has 2 atom stereocenters. The maximum Gasteiger partial charge on any atom is 0.261 e. The highest BCUT2D eigenvalue weighted by Gasteiger charge is 2.23. The number of hydrogen-bond donors (Lipinski definition) is 2. The highest BCUT2D eigenvalue weighted by Crippen LogP contribution is 2.20. The highest BCUT2D eigenvalue weighted by molar-refractivity contribution is 9.10. The average molecular weight is 303 g/mol. The molecule has 1 aromatic rings. The summed E-state index contributed by atoms with van der Waals surface area (Å²) in [5.74, 6) is 0.0382. The molecule has 1 aliphatic rings. The van der Waals surface area contributed by atoms with E-state index < -0.39 is 0 Å². The first-order valence-corrected chi connectivity index (χ1v) is 7.12. The SMILES string of the molecule is CC1NCCCC1NC(=O)c1cc(Br)cs1. The van der Waals surface area contributed by atoms with Crippen molar-refractivity contribution < 1.29 is 4.79 Å². The minimum absolute atomic E-state index is 0.0382. The van der Waals surface area contributed by atoms with Crippen molar-refractivity contribution in [2.24, 2.45) is 0 Å². The molecule has 5 heteroatoms. The Balaban J connectivity index is 1.96. The summed E-state index contributed by atoms with van der Waals surface area (Å²) in [5.41, 5.74) is 0. The van der Waals surface area contributed by atoms with E-state index in [1.807, 2.05) is 11.4 Å². The van der Waals surface area contributed by atoms with Gasteiger partial charge >= 0.3 is 0 Å². The van der Waals surface area contributed by atoms with Crippen LogP contribution in [0.4, 0.5) is 0 Å². The maximum atomic E-state index is 11.9. The van der Waals surface area contributed by atoms with Crippen molar-refractivity contribution in [3.8, 4) is 0 Å². The monoisotopic (exact) mass is 302 g/mol. The van der Waals surface area contributed by atoms with Crippen LogP contribution in [0.15, 0.2) is 15.9 Å². The molecule has 1 amide bonds. The van der Waals surface area contributed by atoms with Gasteiger partial charge in [0.2, 0.25) is 0 Å². The van der Waals surface area contributed by atoms with Crippen LogP contribution in [0.25, 0.3) is 0 Å². The largest absolute Gasteiger partial charge is 0.347 e. The van der Waals surface area contributed by atoms with Crippen molar-refractivity contribution in [1.29, 1.82) is 0 Å². The van der Waals surface area contributed by atoms with Gasteiger partial charge in [0.1, 0.15) is 0 Å². The molecule has 0 bridgehead atoms. The van der Waals surface area contributed by atoms with E-state index in [-0.39, 0.29) is 11.9 Å². The Labute approximate surface area is 108 Å². The Bertz CT molecular complexity index is 380. The van der Waals surface area contributed by atoms with Crippen LogP contribution >= 0.6 is 27.3 Å². The van der Waals surface area contributed by atoms with Crippen molar-refractivity contribution in [3.05, 3.63) is 20.8 Å². The van der Waals surface area contributed by atoms with E-state index in [4.69, 9.17) is 0 Å². The molecule has 0 aliphatic carbocycles. The molecular formula is C11H15BrN2OS. The third-order valence-electron chi connectivity index (χ3n) is 2.87. The lowest BCUT2D eigenvalue weighted by Crippen LogP contribution is -2.51. The smallest absolute Gasteiger partial charge is 0.261 e. The van der Waals surface area contributed by atoms with Crippen LogP contribution in [0, 0.1) is 0 Å². The van der Waals surface area contributed by atoms with Gasteiger partial charge in [0.25, 0.3) is 5.91 Å². The fourth-order valence-corrected chi connectivity index (χ4v) is 3.24. The minimum atomic E-state index is 0.0382. The van der Waals surface area contributed by atoms with Gasteiger partial charge in [0.15, 0.2) is 0 Å². The lowest BCUT2D eigenvalue weighted by Gasteiger charge is -2.30. The second-order valence-electron chi connectivity index (χ2n) is 4.09. The summed E-state index contributed by atoms with van der Waals surface area (Å²) in [6.45, 7) is 3.17. The molecule has 2 heterocycles. The summed E-state index contributed by atoms with van der Waals surface area (Å²) in [5, 5.41) is 8.39. The summed E-state index contributed by atoms with van der Waals surface area (Å²) >= 11 is 4.82. The fraction of sp³-hybridized carbons (Fsp3) is 0.545.